The maximum Gasteiger partial charge on any atom is 0.336 e. The summed E-state index contributed by atoms with van der Waals surface area (Å²) in [5, 5.41) is 22.6. The lowest BCUT2D eigenvalue weighted by Crippen LogP contribution is -2.29. The lowest BCUT2D eigenvalue weighted by atomic mass is 9.94. The number of amides is 5. The summed E-state index contributed by atoms with van der Waals surface area (Å²) in [6.07, 6.45) is 10.3. The molecule has 20 nitrogen and oxygen atoms in total. The summed E-state index contributed by atoms with van der Waals surface area (Å²) >= 11 is 0. The fraction of sp³-hybridized carbons (Fsp3) is 0.250. The van der Waals surface area contributed by atoms with Crippen LogP contribution in [-0.4, -0.2) is 147 Å². The summed E-state index contributed by atoms with van der Waals surface area (Å²) in [5.41, 5.74) is 11.5. The van der Waals surface area contributed by atoms with Crippen molar-refractivity contribution in [2.45, 2.75) is 77.8 Å². The van der Waals surface area contributed by atoms with Crippen molar-refractivity contribution in [3.8, 4) is 28.7 Å². The van der Waals surface area contributed by atoms with Gasteiger partial charge in [-0.25, -0.2) is 18.0 Å². The molecule has 0 unspecified atom stereocenters. The van der Waals surface area contributed by atoms with E-state index < -0.39 is 5.97 Å². The van der Waals surface area contributed by atoms with Gasteiger partial charge in [-0.15, -0.1) is 0 Å². The first-order chi connectivity index (χ1) is 51.7. The number of aromatic carboxylic acids is 1. The lowest BCUT2D eigenvalue weighted by molar-refractivity contribution is 0.0693. The number of aromatic hydroxyl groups is 1. The van der Waals surface area contributed by atoms with E-state index in [1.54, 1.807) is 101 Å². The van der Waals surface area contributed by atoms with Crippen molar-refractivity contribution in [2.24, 2.45) is 0 Å². The summed E-state index contributed by atoms with van der Waals surface area (Å²) in [6.45, 7) is 3.89. The van der Waals surface area contributed by atoms with Crippen LogP contribution in [0.15, 0.2) is 158 Å². The minimum absolute atomic E-state index is 0.0444. The van der Waals surface area contributed by atoms with E-state index in [9.17, 15) is 52.2 Å². The van der Waals surface area contributed by atoms with Crippen LogP contribution in [0.5, 0.6) is 28.7 Å². The number of ether oxygens (including phenoxy) is 4. The molecule has 107 heavy (non-hydrogen) atoms. The smallest absolute Gasteiger partial charge is 0.336 e. The third-order valence-corrected chi connectivity index (χ3v) is 20.1. The number of pyridine rings is 3. The van der Waals surface area contributed by atoms with Gasteiger partial charge in [-0.05, 0) is 168 Å². The number of aromatic nitrogens is 3. The average molecular weight is 1450 g/mol. The Hall–Kier alpha value is -12.4. The molecule has 544 valence electrons. The SMILES string of the molecule is CN1Cc2c(c(O)c3ncc(Cc4ccc(F)cc4)cc3c2C(=O)N2CCCC2)C1=O.COc1ccc(COc2c3c(c(C(=O)N4CCCC4)c4cc(Cc5ccc(F)cc5)cnc24)CN(C)C3=O)cc1.COc1ccc(COc2c3c(c(C(=O)O)c4cc(Cc5ccc(F)cc5)cnc24)CN(C)C3=O)cc1. The highest BCUT2D eigenvalue weighted by atomic mass is 19.1. The Labute approximate surface area is 614 Å². The van der Waals surface area contributed by atoms with Crippen LogP contribution in [0.3, 0.4) is 0 Å². The van der Waals surface area contributed by atoms with Crippen LogP contribution in [0, 0.1) is 17.5 Å². The van der Waals surface area contributed by atoms with Gasteiger partial charge in [0.25, 0.3) is 29.5 Å². The summed E-state index contributed by atoms with van der Waals surface area (Å²) < 4.78 is 63.0. The van der Waals surface area contributed by atoms with Crippen molar-refractivity contribution in [1.29, 1.82) is 0 Å². The van der Waals surface area contributed by atoms with Gasteiger partial charge < -0.3 is 53.7 Å². The molecule has 0 atom stereocenters. The molecule has 0 bridgehead atoms. The number of carboxylic acid groups (broad SMARTS) is 1. The van der Waals surface area contributed by atoms with E-state index in [0.717, 1.165) is 75.9 Å². The number of likely N-dealkylation sites (tertiary alicyclic amines) is 2. The topological polar surface area (TPSA) is 235 Å². The molecular weight excluding hydrogens is 1370 g/mol. The summed E-state index contributed by atoms with van der Waals surface area (Å²) in [4.78, 5) is 101. The van der Waals surface area contributed by atoms with Crippen molar-refractivity contribution in [2.75, 3.05) is 61.5 Å². The summed E-state index contributed by atoms with van der Waals surface area (Å²) in [6, 6.07) is 39.2. The molecule has 5 aliphatic rings. The summed E-state index contributed by atoms with van der Waals surface area (Å²) in [5.74, 6) is -1.12. The molecule has 8 heterocycles. The molecular formula is C84H75F3N8O12. The maximum atomic E-state index is 14.0. The Balaban J connectivity index is 0.000000136. The van der Waals surface area contributed by atoms with Crippen molar-refractivity contribution in [1.82, 2.24) is 39.5 Å². The number of nitrogens with zero attached hydrogens (tertiary/aromatic N) is 8. The molecule has 0 aliphatic carbocycles. The zero-order chi connectivity index (χ0) is 74.9. The predicted octanol–water partition coefficient (Wildman–Crippen LogP) is 13.7. The van der Waals surface area contributed by atoms with Crippen molar-refractivity contribution >= 4 is 68.2 Å². The number of halogens is 3. The van der Waals surface area contributed by atoms with E-state index in [1.165, 1.54) is 46.2 Å². The number of carboxylic acids is 1. The van der Waals surface area contributed by atoms with Crippen molar-refractivity contribution < 1.29 is 71.1 Å². The van der Waals surface area contributed by atoms with E-state index in [4.69, 9.17) is 23.9 Å². The molecule has 3 aromatic heterocycles. The predicted molar refractivity (Wildman–Crippen MR) is 394 cm³/mol. The molecule has 2 fully saturated rings. The molecule has 0 spiro atoms. The first-order valence-corrected chi connectivity index (χ1v) is 35.2. The summed E-state index contributed by atoms with van der Waals surface area (Å²) in [7, 11) is 8.22. The van der Waals surface area contributed by atoms with Crippen LogP contribution >= 0.6 is 0 Å². The molecule has 0 saturated carbocycles. The number of hydrogen-bond donors (Lipinski definition) is 2. The molecule has 8 aromatic carbocycles. The second-order valence-corrected chi connectivity index (χ2v) is 27.4. The first kappa shape index (κ1) is 71.6. The number of phenolic OH excluding ortho intramolecular Hbond substituents is 1. The van der Waals surface area contributed by atoms with Crippen molar-refractivity contribution in [3.63, 3.8) is 0 Å². The van der Waals surface area contributed by atoms with Gasteiger partial charge in [-0.1, -0.05) is 60.7 Å². The van der Waals surface area contributed by atoms with Gasteiger partial charge in [0, 0.05) is 118 Å². The van der Waals surface area contributed by atoms with Crippen LogP contribution in [0.1, 0.15) is 149 Å². The number of phenols is 1. The maximum absolute atomic E-state index is 14.0. The van der Waals surface area contributed by atoms with E-state index in [0.29, 0.717) is 124 Å². The lowest BCUT2D eigenvalue weighted by Gasteiger charge is -2.21. The Morgan fingerprint density at radius 3 is 1.08 bits per heavy atom. The zero-order valence-corrected chi connectivity index (χ0v) is 59.5. The van der Waals surface area contributed by atoms with E-state index in [2.05, 4.69) is 9.97 Å². The second-order valence-electron chi connectivity index (χ2n) is 27.4. The highest BCUT2D eigenvalue weighted by molar-refractivity contribution is 6.18. The quantitative estimate of drug-likeness (QED) is 0.0862. The number of benzene rings is 8. The normalized spacial score (nSPS) is 14.3. The number of fused-ring (bicyclic) bond motifs is 6. The first-order valence-electron chi connectivity index (χ1n) is 35.2. The third-order valence-electron chi connectivity index (χ3n) is 20.1. The second kappa shape index (κ2) is 30.4. The minimum Gasteiger partial charge on any atom is -0.505 e. The minimum atomic E-state index is -1.14. The molecule has 2 N–H and O–H groups in total. The van der Waals surface area contributed by atoms with Crippen LogP contribution < -0.4 is 18.9 Å². The fourth-order valence-electron chi connectivity index (χ4n) is 14.7. The van der Waals surface area contributed by atoms with Crippen LogP contribution in [0.25, 0.3) is 32.7 Å². The van der Waals surface area contributed by atoms with Gasteiger partial charge in [0.05, 0.1) is 47.6 Å². The van der Waals surface area contributed by atoms with Gasteiger partial charge in [0.2, 0.25) is 0 Å². The number of methoxy groups -OCH3 is 2. The van der Waals surface area contributed by atoms with Crippen LogP contribution in [-0.2, 0) is 52.1 Å². The molecule has 23 heteroatoms. The standard InChI is InChI=1S/C32H30FN3O4.C28H23FN2O5.C24H22FN3O3/c1-35-18-26-27(32(38)36-13-3-4-14-36)25-16-22(15-20-5-9-23(33)10-6-20)17-34-29(25)30(28(26)31(35)37)40-19-21-7-11-24(39-2)12-8-21;1-31-14-22-23(28(33)34)21-12-18(11-16-3-7-19(29)8-4-16)13-30-25(21)26(24(22)27(31)32)36-15-17-5-9-20(35-2)10-6-17;1-27-13-18-19(24(31)28-8-2-3-9-28)17-11-15(10-14-4-6-16(25)7-5-14)12-26-21(17)22(29)20(18)23(27)30/h5-12,16-17H,3-4,13-15,18-19H2,1-2H3;3-10,12-13H,11,14-15H2,1-2H3,(H,33,34);4-7,11-12,29H,2-3,8-10,13H2,1H3. The van der Waals surface area contributed by atoms with E-state index in [-0.39, 0.29) is 107 Å². The van der Waals surface area contributed by atoms with Gasteiger partial charge >= 0.3 is 5.97 Å². The van der Waals surface area contributed by atoms with Gasteiger partial charge in [-0.2, -0.15) is 0 Å². The third kappa shape index (κ3) is 14.5. The van der Waals surface area contributed by atoms with Gasteiger partial charge in [0.15, 0.2) is 17.2 Å². The average Bonchev–Trinajstić information content (AvgIpc) is 1.79. The Morgan fingerprint density at radius 2 is 0.729 bits per heavy atom. The van der Waals surface area contributed by atoms with E-state index in [1.807, 2.05) is 70.5 Å². The van der Waals surface area contributed by atoms with E-state index >= 15 is 0 Å². The molecule has 11 aromatic rings. The Bertz CT molecular complexity index is 5340. The number of hydrogen-bond acceptors (Lipinski definition) is 14. The molecule has 5 aliphatic heterocycles. The van der Waals surface area contributed by atoms with Crippen molar-refractivity contribution in [3.05, 3.63) is 270 Å². The zero-order valence-electron chi connectivity index (χ0n) is 59.5. The van der Waals surface area contributed by atoms with Crippen LogP contribution in [0.2, 0.25) is 0 Å². The van der Waals surface area contributed by atoms with Gasteiger partial charge in [0.1, 0.15) is 58.7 Å². The monoisotopic (exact) mass is 1440 g/mol. The Kier molecular flexibility index (Phi) is 20.3. The molecule has 5 amide bonds. The number of carbonyl (C=O) groups excluding carboxylic acids is 5. The highest BCUT2D eigenvalue weighted by Gasteiger charge is 2.40. The highest BCUT2D eigenvalue weighted by Crippen LogP contribution is 2.45. The number of carbonyl (C=O) groups is 6. The number of rotatable bonds is 17. The van der Waals surface area contributed by atoms with Crippen LogP contribution in [0.4, 0.5) is 13.2 Å². The molecule has 0 radical (unpaired) electrons. The fourth-order valence-corrected chi connectivity index (χ4v) is 14.7. The largest absolute Gasteiger partial charge is 0.505 e. The van der Waals surface area contributed by atoms with Gasteiger partial charge in [-0.3, -0.25) is 38.9 Å². The Morgan fingerprint density at radius 1 is 0.421 bits per heavy atom. The molecule has 16 rings (SSSR count). The molecule has 2 saturated heterocycles.